The molecule has 1 unspecified atom stereocenters. The number of alkyl halides is 2. The largest absolute Gasteiger partial charge is 0.480 e. The topological polar surface area (TPSA) is 80.5 Å². The Balaban J connectivity index is 1.86. The molecule has 1 aliphatic heterocycles. The minimum atomic E-state index is -2.88. The average molecular weight is 366 g/mol. The number of carbonyl (C=O) groups is 1. The van der Waals surface area contributed by atoms with E-state index in [0.717, 1.165) is 5.56 Å². The standard InChI is InChI=1S/C17H20F2N4O3/c1-9-4-12(5-10(2)15(9)26-17(18)19)6-22-8-14-21-20-11(3)23(14)7-13(22)16(24)25/h4-5,13,17H,6-8H2,1-3H3,(H,24,25). The molecule has 7 nitrogen and oxygen atoms in total. The molecule has 1 aromatic heterocycles. The van der Waals surface area contributed by atoms with Crippen LogP contribution >= 0.6 is 0 Å². The summed E-state index contributed by atoms with van der Waals surface area (Å²) in [4.78, 5) is 13.5. The number of ether oxygens (including phenoxy) is 1. The fourth-order valence-electron chi connectivity index (χ4n) is 3.40. The van der Waals surface area contributed by atoms with Crippen molar-refractivity contribution < 1.29 is 23.4 Å². The summed E-state index contributed by atoms with van der Waals surface area (Å²) in [6.45, 7) is 3.28. The van der Waals surface area contributed by atoms with E-state index in [1.165, 1.54) is 0 Å². The zero-order valence-electron chi connectivity index (χ0n) is 14.7. The van der Waals surface area contributed by atoms with Crippen LogP contribution in [0.15, 0.2) is 12.1 Å². The highest BCUT2D eigenvalue weighted by molar-refractivity contribution is 5.73. The van der Waals surface area contributed by atoms with Crippen molar-refractivity contribution in [3.8, 4) is 5.75 Å². The normalized spacial score (nSPS) is 17.4. The molecule has 9 heteroatoms. The van der Waals surface area contributed by atoms with E-state index in [4.69, 9.17) is 0 Å². The minimum absolute atomic E-state index is 0.160. The molecule has 0 radical (unpaired) electrons. The number of aromatic nitrogens is 3. The van der Waals surface area contributed by atoms with E-state index in [2.05, 4.69) is 14.9 Å². The second kappa shape index (κ2) is 6.99. The molecule has 3 rings (SSSR count). The van der Waals surface area contributed by atoms with Crippen LogP contribution in [0.2, 0.25) is 0 Å². The van der Waals surface area contributed by atoms with Crippen LogP contribution in [0.25, 0.3) is 0 Å². The van der Waals surface area contributed by atoms with Crippen LogP contribution in [0.5, 0.6) is 5.75 Å². The van der Waals surface area contributed by atoms with Gasteiger partial charge in [-0.15, -0.1) is 10.2 Å². The highest BCUT2D eigenvalue weighted by Gasteiger charge is 2.33. The molecule has 0 bridgehead atoms. The Hall–Kier alpha value is -2.55. The number of hydrogen-bond donors (Lipinski definition) is 1. The molecule has 0 saturated heterocycles. The molecule has 140 valence electrons. The van der Waals surface area contributed by atoms with E-state index >= 15 is 0 Å². The Kier molecular flexibility index (Phi) is 4.90. The van der Waals surface area contributed by atoms with Crippen molar-refractivity contribution >= 4 is 5.97 Å². The van der Waals surface area contributed by atoms with Gasteiger partial charge in [0.1, 0.15) is 23.4 Å². The Morgan fingerprint density at radius 3 is 2.54 bits per heavy atom. The van der Waals surface area contributed by atoms with Gasteiger partial charge >= 0.3 is 12.6 Å². The van der Waals surface area contributed by atoms with Crippen LogP contribution in [-0.2, 0) is 24.4 Å². The highest BCUT2D eigenvalue weighted by atomic mass is 19.3. The van der Waals surface area contributed by atoms with E-state index in [1.807, 2.05) is 4.57 Å². The van der Waals surface area contributed by atoms with Crippen LogP contribution in [0.3, 0.4) is 0 Å². The number of halogens is 2. The number of aryl methyl sites for hydroxylation is 3. The summed E-state index contributed by atoms with van der Waals surface area (Å²) in [6.07, 6.45) is 0. The second-order valence-electron chi connectivity index (χ2n) is 6.47. The first-order chi connectivity index (χ1) is 12.3. The van der Waals surface area contributed by atoms with Crippen molar-refractivity contribution in [2.24, 2.45) is 0 Å². The summed E-state index contributed by atoms with van der Waals surface area (Å²) >= 11 is 0. The van der Waals surface area contributed by atoms with Gasteiger partial charge in [0, 0.05) is 6.54 Å². The smallest absolute Gasteiger partial charge is 0.387 e. The molecule has 0 aliphatic carbocycles. The minimum Gasteiger partial charge on any atom is -0.480 e. The summed E-state index contributed by atoms with van der Waals surface area (Å²) in [7, 11) is 0. The van der Waals surface area contributed by atoms with E-state index < -0.39 is 18.6 Å². The zero-order chi connectivity index (χ0) is 19.0. The van der Waals surface area contributed by atoms with Crippen molar-refractivity contribution in [1.29, 1.82) is 0 Å². The fraction of sp³-hybridized carbons (Fsp3) is 0.471. The lowest BCUT2D eigenvalue weighted by molar-refractivity contribution is -0.145. The van der Waals surface area contributed by atoms with Crippen molar-refractivity contribution in [2.75, 3.05) is 0 Å². The molecule has 0 spiro atoms. The number of nitrogens with zero attached hydrogens (tertiary/aromatic N) is 4. The van der Waals surface area contributed by atoms with Gasteiger partial charge in [-0.25, -0.2) is 0 Å². The van der Waals surface area contributed by atoms with E-state index in [0.29, 0.717) is 35.9 Å². The fourth-order valence-corrected chi connectivity index (χ4v) is 3.40. The summed E-state index contributed by atoms with van der Waals surface area (Å²) in [5.74, 6) is 0.639. The summed E-state index contributed by atoms with van der Waals surface area (Å²) in [5.41, 5.74) is 2.00. The third-order valence-corrected chi connectivity index (χ3v) is 4.55. The molecule has 26 heavy (non-hydrogen) atoms. The van der Waals surface area contributed by atoms with Gasteiger partial charge in [-0.3, -0.25) is 9.69 Å². The van der Waals surface area contributed by atoms with E-state index in [-0.39, 0.29) is 12.3 Å². The number of rotatable bonds is 5. The van der Waals surface area contributed by atoms with Gasteiger partial charge in [0.25, 0.3) is 0 Å². The molecule has 1 atom stereocenters. The second-order valence-corrected chi connectivity index (χ2v) is 6.47. The number of benzene rings is 1. The maximum Gasteiger partial charge on any atom is 0.387 e. The monoisotopic (exact) mass is 366 g/mol. The first-order valence-corrected chi connectivity index (χ1v) is 8.16. The molecule has 1 aromatic carbocycles. The van der Waals surface area contributed by atoms with E-state index in [9.17, 15) is 18.7 Å². The summed E-state index contributed by atoms with van der Waals surface area (Å²) < 4.78 is 31.4. The molecular weight excluding hydrogens is 346 g/mol. The number of fused-ring (bicyclic) bond motifs is 1. The lowest BCUT2D eigenvalue weighted by Gasteiger charge is -2.33. The van der Waals surface area contributed by atoms with Crippen LogP contribution in [0, 0.1) is 20.8 Å². The number of aliphatic carboxylic acids is 1. The first kappa shape index (κ1) is 18.2. The molecule has 0 amide bonds. The third-order valence-electron chi connectivity index (χ3n) is 4.55. The average Bonchev–Trinajstić information content (AvgIpc) is 2.90. The van der Waals surface area contributed by atoms with Gasteiger partial charge in [-0.1, -0.05) is 12.1 Å². The molecular formula is C17H20F2N4O3. The Morgan fingerprint density at radius 1 is 1.31 bits per heavy atom. The van der Waals surface area contributed by atoms with Gasteiger partial charge in [0.05, 0.1) is 13.1 Å². The van der Waals surface area contributed by atoms with Gasteiger partial charge in [-0.05, 0) is 37.5 Å². The van der Waals surface area contributed by atoms with Crippen LogP contribution in [0.1, 0.15) is 28.3 Å². The summed E-state index contributed by atoms with van der Waals surface area (Å²) in [5, 5.41) is 17.7. The van der Waals surface area contributed by atoms with Crippen LogP contribution in [0.4, 0.5) is 8.78 Å². The Labute approximate surface area is 149 Å². The lowest BCUT2D eigenvalue weighted by Crippen LogP contribution is -2.47. The summed E-state index contributed by atoms with van der Waals surface area (Å²) in [6, 6.07) is 2.78. The molecule has 2 aromatic rings. The molecule has 0 saturated carbocycles. The van der Waals surface area contributed by atoms with Crippen LogP contribution in [-0.4, -0.2) is 43.4 Å². The molecule has 1 aliphatic rings. The van der Waals surface area contributed by atoms with E-state index in [1.54, 1.807) is 37.8 Å². The molecule has 1 N–H and O–H groups in total. The number of hydrogen-bond acceptors (Lipinski definition) is 5. The predicted octanol–water partition coefficient (Wildman–Crippen LogP) is 2.27. The maximum absolute atomic E-state index is 12.5. The van der Waals surface area contributed by atoms with Crippen molar-refractivity contribution in [2.45, 2.75) is 53.1 Å². The van der Waals surface area contributed by atoms with Crippen LogP contribution < -0.4 is 4.74 Å². The quantitative estimate of drug-likeness (QED) is 0.874. The number of carboxylic acids is 1. The maximum atomic E-state index is 12.5. The molecule has 2 heterocycles. The van der Waals surface area contributed by atoms with Crippen molar-refractivity contribution in [3.05, 3.63) is 40.5 Å². The van der Waals surface area contributed by atoms with Crippen molar-refractivity contribution in [3.63, 3.8) is 0 Å². The van der Waals surface area contributed by atoms with Crippen molar-refractivity contribution in [1.82, 2.24) is 19.7 Å². The van der Waals surface area contributed by atoms with Gasteiger partial charge in [-0.2, -0.15) is 8.78 Å². The Morgan fingerprint density at radius 2 is 1.96 bits per heavy atom. The Bertz CT molecular complexity index is 814. The van der Waals surface area contributed by atoms with Gasteiger partial charge < -0.3 is 14.4 Å². The van der Waals surface area contributed by atoms with Gasteiger partial charge in [0.15, 0.2) is 0 Å². The third kappa shape index (κ3) is 3.52. The van der Waals surface area contributed by atoms with Gasteiger partial charge in [0.2, 0.25) is 0 Å². The lowest BCUT2D eigenvalue weighted by atomic mass is 10.0. The first-order valence-electron chi connectivity index (χ1n) is 8.16. The SMILES string of the molecule is Cc1cc(CN2Cc3nnc(C)n3CC2C(=O)O)cc(C)c1OC(F)F. The predicted molar refractivity (Wildman–Crippen MR) is 88.0 cm³/mol. The number of carboxylic acid groups (broad SMARTS) is 1. The zero-order valence-corrected chi connectivity index (χ0v) is 14.7. The highest BCUT2D eigenvalue weighted by Crippen LogP contribution is 2.28. The molecule has 0 fully saturated rings.